The first-order valence-corrected chi connectivity index (χ1v) is 8.92. The van der Waals surface area contributed by atoms with Crippen molar-refractivity contribution < 1.29 is 0 Å². The smallest absolute Gasteiger partial charge is 0.0953 e. The highest BCUT2D eigenvalue weighted by Crippen LogP contribution is 2.09. The van der Waals surface area contributed by atoms with Crippen molar-refractivity contribution in [2.45, 2.75) is 58.4 Å². The molecule has 74 valence electrons. The molecule has 0 bridgehead atoms. The molecule has 0 aromatic rings. The van der Waals surface area contributed by atoms with E-state index in [0.29, 0.717) is 0 Å². The van der Waals surface area contributed by atoms with E-state index in [2.05, 4.69) is 45.7 Å². The van der Waals surface area contributed by atoms with Crippen LogP contribution < -0.4 is 0 Å². The van der Waals surface area contributed by atoms with Gasteiger partial charge in [-0.05, 0) is 12.1 Å². The zero-order valence-electron chi connectivity index (χ0n) is 9.59. The Balaban J connectivity index is 3.95. The molecular formula is C9H25NSi2. The molecule has 0 rings (SSSR count). The Morgan fingerprint density at radius 1 is 0.917 bits per heavy atom. The summed E-state index contributed by atoms with van der Waals surface area (Å²) in [7, 11) is 0.301. The van der Waals surface area contributed by atoms with Gasteiger partial charge in [-0.15, -0.1) is 0 Å². The molecule has 0 aliphatic heterocycles. The van der Waals surface area contributed by atoms with Crippen LogP contribution >= 0.6 is 0 Å². The van der Waals surface area contributed by atoms with Crippen LogP contribution in [0.1, 0.15) is 34.6 Å². The maximum atomic E-state index is 2.74. The lowest BCUT2D eigenvalue weighted by Crippen LogP contribution is -2.42. The number of hydrogen-bond donors (Lipinski definition) is 0. The van der Waals surface area contributed by atoms with Crippen LogP contribution in [0.15, 0.2) is 0 Å². The summed E-state index contributed by atoms with van der Waals surface area (Å²) < 4.78 is 2.74. The van der Waals surface area contributed by atoms with Crippen LogP contribution in [0.4, 0.5) is 0 Å². The molecule has 0 aromatic carbocycles. The fourth-order valence-corrected chi connectivity index (χ4v) is 5.00. The minimum absolute atomic E-state index is 0.0498. The average Bonchev–Trinajstić information content (AvgIpc) is 1.98. The molecule has 0 N–H and O–H groups in total. The van der Waals surface area contributed by atoms with E-state index >= 15 is 0 Å². The van der Waals surface area contributed by atoms with Crippen molar-refractivity contribution in [3.8, 4) is 0 Å². The predicted octanol–water partition coefficient (Wildman–Crippen LogP) is 1.17. The van der Waals surface area contributed by atoms with Gasteiger partial charge in [0, 0.05) is 9.52 Å². The van der Waals surface area contributed by atoms with E-state index in [9.17, 15) is 0 Å². The third-order valence-electron chi connectivity index (χ3n) is 2.55. The third-order valence-corrected chi connectivity index (χ3v) is 8.95. The molecule has 0 spiro atoms. The van der Waals surface area contributed by atoms with Gasteiger partial charge >= 0.3 is 0 Å². The quantitative estimate of drug-likeness (QED) is 0.607. The van der Waals surface area contributed by atoms with E-state index in [1.807, 2.05) is 0 Å². The van der Waals surface area contributed by atoms with Crippen LogP contribution in [0.25, 0.3) is 0 Å². The highest BCUT2D eigenvalue weighted by atomic mass is 28.3. The van der Waals surface area contributed by atoms with Crippen molar-refractivity contribution in [2.75, 3.05) is 0 Å². The van der Waals surface area contributed by atoms with Gasteiger partial charge in [0.1, 0.15) is 0 Å². The number of hydrogen-bond acceptors (Lipinski definition) is 1. The molecule has 1 atom stereocenters. The van der Waals surface area contributed by atoms with Gasteiger partial charge in [0.05, 0.1) is 9.68 Å². The first kappa shape index (κ1) is 12.4. The van der Waals surface area contributed by atoms with Crippen LogP contribution in [0, 0.1) is 0 Å². The molecule has 0 amide bonds. The molecule has 0 heterocycles. The van der Waals surface area contributed by atoms with Crippen molar-refractivity contribution in [3.05, 3.63) is 0 Å². The van der Waals surface area contributed by atoms with Crippen LogP contribution in [-0.4, -0.2) is 35.8 Å². The highest BCUT2D eigenvalue weighted by Gasteiger charge is 2.15. The van der Waals surface area contributed by atoms with Crippen molar-refractivity contribution in [1.29, 1.82) is 0 Å². The van der Waals surface area contributed by atoms with Gasteiger partial charge in [0.25, 0.3) is 0 Å². The minimum Gasteiger partial charge on any atom is -0.325 e. The second-order valence-corrected chi connectivity index (χ2v) is 10.3. The molecule has 1 nitrogen and oxygen atoms in total. The first-order valence-electron chi connectivity index (χ1n) is 5.24. The van der Waals surface area contributed by atoms with Gasteiger partial charge in [0.2, 0.25) is 0 Å². The average molecular weight is 203 g/mol. The molecule has 0 aromatic heterocycles. The Morgan fingerprint density at radius 3 is 1.58 bits per heavy atom. The summed E-state index contributed by atoms with van der Waals surface area (Å²) in [6.45, 7) is 14.2. The SMILES string of the molecule is C[SiH2]C(C)[SiH2]N(C(C)C)C(C)C. The first-order chi connectivity index (χ1) is 5.49. The predicted molar refractivity (Wildman–Crippen MR) is 64.5 cm³/mol. The summed E-state index contributed by atoms with van der Waals surface area (Å²) in [6.07, 6.45) is 0. The maximum Gasteiger partial charge on any atom is 0.0953 e. The molecule has 0 saturated heterocycles. The molecule has 0 radical (unpaired) electrons. The van der Waals surface area contributed by atoms with E-state index in [4.69, 9.17) is 0 Å². The Hall–Kier alpha value is 0.394. The van der Waals surface area contributed by atoms with Crippen LogP contribution in [0.5, 0.6) is 0 Å². The summed E-state index contributed by atoms with van der Waals surface area (Å²) >= 11 is 0. The Morgan fingerprint density at radius 2 is 1.33 bits per heavy atom. The lowest BCUT2D eigenvalue weighted by molar-refractivity contribution is 0.310. The van der Waals surface area contributed by atoms with Crippen molar-refractivity contribution in [3.63, 3.8) is 0 Å². The fraction of sp³-hybridized carbons (Fsp3) is 1.00. The van der Waals surface area contributed by atoms with E-state index in [0.717, 1.165) is 17.2 Å². The van der Waals surface area contributed by atoms with Gasteiger partial charge in [-0.25, -0.2) is 0 Å². The zero-order valence-corrected chi connectivity index (χ0v) is 12.4. The normalized spacial score (nSPS) is 16.8. The molecule has 0 aliphatic carbocycles. The summed E-state index contributed by atoms with van der Waals surface area (Å²) in [5.41, 5.74) is 0. The molecule has 0 fully saturated rings. The van der Waals surface area contributed by atoms with E-state index in [1.165, 1.54) is 0 Å². The third kappa shape index (κ3) is 4.43. The van der Waals surface area contributed by atoms with Crippen LogP contribution in [-0.2, 0) is 0 Å². The monoisotopic (exact) mass is 203 g/mol. The van der Waals surface area contributed by atoms with Crippen molar-refractivity contribution >= 4 is 19.2 Å². The molecule has 12 heavy (non-hydrogen) atoms. The number of nitrogens with zero attached hydrogens (tertiary/aromatic N) is 1. The van der Waals surface area contributed by atoms with Gasteiger partial charge < -0.3 is 4.57 Å². The Labute approximate surface area is 82.6 Å². The van der Waals surface area contributed by atoms with E-state index in [1.54, 1.807) is 0 Å². The summed E-state index contributed by atoms with van der Waals surface area (Å²) in [6, 6.07) is 1.53. The molecule has 0 saturated carbocycles. The van der Waals surface area contributed by atoms with E-state index < -0.39 is 0 Å². The summed E-state index contributed by atoms with van der Waals surface area (Å²) in [4.78, 5) is 0. The lowest BCUT2D eigenvalue weighted by Gasteiger charge is -2.32. The standard InChI is InChI=1S/C9H25NSi2/c1-7(2)10(8(3)4)12-9(5)11-6/h7-9H,11-12H2,1-6H3. The fourth-order valence-electron chi connectivity index (χ4n) is 1.51. The highest BCUT2D eigenvalue weighted by molar-refractivity contribution is 6.56. The maximum absolute atomic E-state index is 2.74. The van der Waals surface area contributed by atoms with Gasteiger partial charge in [-0.3, -0.25) is 0 Å². The summed E-state index contributed by atoms with van der Waals surface area (Å²) in [5, 5.41) is 1.11. The van der Waals surface area contributed by atoms with Gasteiger partial charge in [-0.1, -0.05) is 46.3 Å². The Kier molecular flexibility index (Phi) is 6.14. The molecule has 0 aliphatic rings. The van der Waals surface area contributed by atoms with Gasteiger partial charge in [0.15, 0.2) is 0 Å². The second-order valence-electron chi connectivity index (χ2n) is 4.40. The van der Waals surface area contributed by atoms with Gasteiger partial charge in [-0.2, -0.15) is 0 Å². The van der Waals surface area contributed by atoms with Crippen molar-refractivity contribution in [1.82, 2.24) is 4.57 Å². The minimum atomic E-state index is 0.0498. The topological polar surface area (TPSA) is 3.24 Å². The summed E-state index contributed by atoms with van der Waals surface area (Å²) in [5.74, 6) is 0. The molecular weight excluding hydrogens is 178 g/mol. The van der Waals surface area contributed by atoms with Crippen LogP contribution in [0.2, 0.25) is 11.7 Å². The Bertz CT molecular complexity index is 107. The number of rotatable bonds is 5. The lowest BCUT2D eigenvalue weighted by atomic mass is 10.3. The largest absolute Gasteiger partial charge is 0.325 e. The zero-order chi connectivity index (χ0) is 9.72. The van der Waals surface area contributed by atoms with E-state index in [-0.39, 0.29) is 19.2 Å². The van der Waals surface area contributed by atoms with Crippen LogP contribution in [0.3, 0.4) is 0 Å². The molecule has 1 unspecified atom stereocenters. The second kappa shape index (κ2) is 5.94. The van der Waals surface area contributed by atoms with Crippen molar-refractivity contribution in [2.24, 2.45) is 0 Å². The molecule has 3 heteroatoms.